The zero-order chi connectivity index (χ0) is 18.5. The fraction of sp³-hybridized carbons (Fsp3) is 0.350. The lowest BCUT2D eigenvalue weighted by atomic mass is 10.1. The van der Waals surface area contributed by atoms with Crippen LogP contribution < -0.4 is 10.6 Å². The molecule has 1 atom stereocenters. The molecule has 0 spiro atoms. The summed E-state index contributed by atoms with van der Waals surface area (Å²) in [7, 11) is 0. The van der Waals surface area contributed by atoms with Gasteiger partial charge in [0.1, 0.15) is 5.82 Å². The van der Waals surface area contributed by atoms with Crippen LogP contribution in [0, 0.1) is 0 Å². The third kappa shape index (κ3) is 4.25. The molecule has 7 nitrogen and oxygen atoms in total. The second-order valence-corrected chi connectivity index (χ2v) is 6.69. The molecule has 7 heteroatoms. The third-order valence-corrected chi connectivity index (χ3v) is 4.79. The number of hydrogen-bond acceptors (Lipinski definition) is 5. The maximum absolute atomic E-state index is 12.3. The first-order valence-corrected chi connectivity index (χ1v) is 9.32. The standard InChI is InChI=1S/C20H23N5O2/c26-20(21-10-9-14-12-22-17-6-2-1-5-16(14)17)18-7-8-19(25-24-18)23-13-15-4-3-11-27-15/h1-2,5-8,12,15,22H,3-4,9-11,13H2,(H,21,26)(H,23,25). The Morgan fingerprint density at radius 2 is 2.15 bits per heavy atom. The van der Waals surface area contributed by atoms with Gasteiger partial charge in [-0.3, -0.25) is 4.79 Å². The summed E-state index contributed by atoms with van der Waals surface area (Å²) in [6.07, 6.45) is 5.15. The van der Waals surface area contributed by atoms with Crippen molar-refractivity contribution < 1.29 is 9.53 Å². The van der Waals surface area contributed by atoms with E-state index in [0.717, 1.165) is 31.4 Å². The molecular formula is C20H23N5O2. The van der Waals surface area contributed by atoms with Crippen LogP contribution in [0.4, 0.5) is 5.82 Å². The van der Waals surface area contributed by atoms with Gasteiger partial charge in [0, 0.05) is 36.8 Å². The Kier molecular flexibility index (Phi) is 5.29. The normalized spacial score (nSPS) is 16.5. The van der Waals surface area contributed by atoms with Crippen LogP contribution in [0.2, 0.25) is 0 Å². The van der Waals surface area contributed by atoms with Gasteiger partial charge < -0.3 is 20.4 Å². The number of carbonyl (C=O) groups is 1. The van der Waals surface area contributed by atoms with Crippen molar-refractivity contribution in [2.45, 2.75) is 25.4 Å². The first-order chi connectivity index (χ1) is 13.3. The minimum absolute atomic E-state index is 0.215. The Balaban J connectivity index is 1.26. The van der Waals surface area contributed by atoms with Gasteiger partial charge in [0.05, 0.1) is 6.10 Å². The van der Waals surface area contributed by atoms with E-state index in [-0.39, 0.29) is 12.0 Å². The number of aromatic amines is 1. The van der Waals surface area contributed by atoms with E-state index in [0.29, 0.717) is 24.6 Å². The highest BCUT2D eigenvalue weighted by Gasteiger charge is 2.15. The maximum Gasteiger partial charge on any atom is 0.271 e. The molecule has 0 saturated carbocycles. The number of anilines is 1. The van der Waals surface area contributed by atoms with E-state index in [9.17, 15) is 4.79 Å². The summed E-state index contributed by atoms with van der Waals surface area (Å²) in [4.78, 5) is 15.5. The van der Waals surface area contributed by atoms with E-state index in [1.807, 2.05) is 24.4 Å². The summed E-state index contributed by atoms with van der Waals surface area (Å²) >= 11 is 0. The molecule has 1 unspecified atom stereocenters. The molecule has 3 N–H and O–H groups in total. The monoisotopic (exact) mass is 365 g/mol. The van der Waals surface area contributed by atoms with Gasteiger partial charge in [-0.2, -0.15) is 0 Å². The number of aromatic nitrogens is 3. The molecule has 3 aromatic rings. The van der Waals surface area contributed by atoms with Crippen molar-refractivity contribution in [1.82, 2.24) is 20.5 Å². The molecule has 0 aliphatic carbocycles. The second-order valence-electron chi connectivity index (χ2n) is 6.69. The first-order valence-electron chi connectivity index (χ1n) is 9.32. The van der Waals surface area contributed by atoms with Crippen molar-refractivity contribution >= 4 is 22.6 Å². The van der Waals surface area contributed by atoms with E-state index in [4.69, 9.17) is 4.74 Å². The number of ether oxygens (including phenoxy) is 1. The van der Waals surface area contributed by atoms with Crippen LogP contribution in [0.1, 0.15) is 28.9 Å². The molecule has 1 aliphatic heterocycles. The average molecular weight is 365 g/mol. The van der Waals surface area contributed by atoms with Crippen molar-refractivity contribution in [1.29, 1.82) is 0 Å². The Morgan fingerprint density at radius 1 is 1.22 bits per heavy atom. The number of carbonyl (C=O) groups excluding carboxylic acids is 1. The fourth-order valence-corrected chi connectivity index (χ4v) is 3.31. The molecule has 2 aromatic heterocycles. The number of fused-ring (bicyclic) bond motifs is 1. The summed E-state index contributed by atoms with van der Waals surface area (Å²) in [6, 6.07) is 11.6. The van der Waals surface area contributed by atoms with E-state index in [1.54, 1.807) is 12.1 Å². The highest BCUT2D eigenvalue weighted by Crippen LogP contribution is 2.17. The van der Waals surface area contributed by atoms with Gasteiger partial charge in [-0.1, -0.05) is 18.2 Å². The lowest BCUT2D eigenvalue weighted by Gasteiger charge is -2.10. The third-order valence-electron chi connectivity index (χ3n) is 4.79. The summed E-state index contributed by atoms with van der Waals surface area (Å²) in [5.41, 5.74) is 2.61. The molecule has 0 bridgehead atoms. The van der Waals surface area contributed by atoms with Crippen molar-refractivity contribution in [2.24, 2.45) is 0 Å². The van der Waals surface area contributed by atoms with Crippen LogP contribution in [0.15, 0.2) is 42.6 Å². The summed E-state index contributed by atoms with van der Waals surface area (Å²) in [5.74, 6) is 0.439. The van der Waals surface area contributed by atoms with Crippen LogP contribution in [-0.4, -0.2) is 46.9 Å². The van der Waals surface area contributed by atoms with Crippen LogP contribution in [-0.2, 0) is 11.2 Å². The fourth-order valence-electron chi connectivity index (χ4n) is 3.31. The van der Waals surface area contributed by atoms with Gasteiger partial charge >= 0.3 is 0 Å². The summed E-state index contributed by atoms with van der Waals surface area (Å²) in [5, 5.41) is 15.4. The lowest BCUT2D eigenvalue weighted by molar-refractivity contribution is 0.0948. The van der Waals surface area contributed by atoms with Crippen LogP contribution in [0.3, 0.4) is 0 Å². The zero-order valence-corrected chi connectivity index (χ0v) is 15.1. The van der Waals surface area contributed by atoms with Crippen molar-refractivity contribution in [3.05, 3.63) is 53.9 Å². The maximum atomic E-state index is 12.3. The van der Waals surface area contributed by atoms with Gasteiger partial charge in [-0.25, -0.2) is 0 Å². The number of hydrogen-bond donors (Lipinski definition) is 3. The number of amides is 1. The number of H-pyrrole nitrogens is 1. The minimum atomic E-state index is -0.215. The number of para-hydroxylation sites is 1. The summed E-state index contributed by atoms with van der Waals surface area (Å²) in [6.45, 7) is 2.09. The first kappa shape index (κ1) is 17.5. The minimum Gasteiger partial charge on any atom is -0.376 e. The Labute approximate surface area is 157 Å². The SMILES string of the molecule is O=C(NCCc1c[nH]c2ccccc12)c1ccc(NCC2CCCO2)nn1. The number of nitrogens with one attached hydrogen (secondary N) is 3. The van der Waals surface area contributed by atoms with Crippen LogP contribution >= 0.6 is 0 Å². The molecule has 1 saturated heterocycles. The molecule has 4 rings (SSSR count). The van der Waals surface area contributed by atoms with Crippen molar-refractivity contribution in [3.8, 4) is 0 Å². The predicted octanol–water partition coefficient (Wildman–Crippen LogP) is 2.52. The molecule has 1 aromatic carbocycles. The Hall–Kier alpha value is -2.93. The van der Waals surface area contributed by atoms with Gasteiger partial charge in [-0.05, 0) is 43.0 Å². The van der Waals surface area contributed by atoms with Crippen molar-refractivity contribution in [2.75, 3.05) is 25.0 Å². The van der Waals surface area contributed by atoms with Gasteiger partial charge in [-0.15, -0.1) is 10.2 Å². The Morgan fingerprint density at radius 3 is 2.96 bits per heavy atom. The molecule has 140 valence electrons. The predicted molar refractivity (Wildman–Crippen MR) is 104 cm³/mol. The van der Waals surface area contributed by atoms with Gasteiger partial charge in [0.15, 0.2) is 5.69 Å². The number of benzene rings is 1. The van der Waals surface area contributed by atoms with Crippen LogP contribution in [0.5, 0.6) is 0 Å². The quantitative estimate of drug-likeness (QED) is 0.598. The molecule has 27 heavy (non-hydrogen) atoms. The van der Waals surface area contributed by atoms with E-state index < -0.39 is 0 Å². The zero-order valence-electron chi connectivity index (χ0n) is 15.1. The number of nitrogens with zero attached hydrogens (tertiary/aromatic N) is 2. The van der Waals surface area contributed by atoms with Crippen LogP contribution in [0.25, 0.3) is 10.9 Å². The highest BCUT2D eigenvalue weighted by molar-refractivity contribution is 5.92. The number of rotatable bonds is 7. The average Bonchev–Trinajstić information content (AvgIpc) is 3.37. The Bertz CT molecular complexity index is 900. The summed E-state index contributed by atoms with van der Waals surface area (Å²) < 4.78 is 5.56. The topological polar surface area (TPSA) is 91.9 Å². The molecule has 1 amide bonds. The largest absolute Gasteiger partial charge is 0.376 e. The smallest absolute Gasteiger partial charge is 0.271 e. The van der Waals surface area contributed by atoms with Gasteiger partial charge in [0.2, 0.25) is 0 Å². The molecule has 3 heterocycles. The molecular weight excluding hydrogens is 342 g/mol. The second kappa shape index (κ2) is 8.18. The van der Waals surface area contributed by atoms with Crippen molar-refractivity contribution in [3.63, 3.8) is 0 Å². The van der Waals surface area contributed by atoms with E-state index in [1.165, 1.54) is 10.9 Å². The highest BCUT2D eigenvalue weighted by atomic mass is 16.5. The molecule has 0 radical (unpaired) electrons. The van der Waals surface area contributed by atoms with E-state index in [2.05, 4.69) is 31.9 Å². The molecule has 1 aliphatic rings. The molecule has 1 fully saturated rings. The lowest BCUT2D eigenvalue weighted by Crippen LogP contribution is -2.27. The van der Waals surface area contributed by atoms with Gasteiger partial charge in [0.25, 0.3) is 5.91 Å². The van der Waals surface area contributed by atoms with E-state index >= 15 is 0 Å².